The molecule has 0 unspecified atom stereocenters. The number of aromatic nitrogens is 3. The Morgan fingerprint density at radius 3 is 2.75 bits per heavy atom. The quantitative estimate of drug-likeness (QED) is 0.716. The van der Waals surface area contributed by atoms with Crippen molar-refractivity contribution in [3.8, 4) is 0 Å². The third-order valence-electron chi connectivity index (χ3n) is 3.50. The number of hydrogen-bond acceptors (Lipinski definition) is 5. The topological polar surface area (TPSA) is 62.7 Å². The van der Waals surface area contributed by atoms with Gasteiger partial charge in [-0.05, 0) is 43.2 Å². The SMILES string of the molecule is Cc1cc(NCc2cccnc2)nc(Nc2cc(Cl)ccc2C)n1. The molecule has 0 saturated heterocycles. The average molecular weight is 340 g/mol. The lowest BCUT2D eigenvalue weighted by Crippen LogP contribution is -2.06. The Kier molecular flexibility index (Phi) is 4.91. The van der Waals surface area contributed by atoms with Crippen LogP contribution in [-0.4, -0.2) is 15.0 Å². The van der Waals surface area contributed by atoms with Crippen LogP contribution in [0.4, 0.5) is 17.5 Å². The van der Waals surface area contributed by atoms with Gasteiger partial charge < -0.3 is 10.6 Å². The third kappa shape index (κ3) is 4.20. The maximum absolute atomic E-state index is 6.06. The first kappa shape index (κ1) is 16.2. The van der Waals surface area contributed by atoms with Gasteiger partial charge in [0.15, 0.2) is 0 Å². The Labute approximate surface area is 146 Å². The highest BCUT2D eigenvalue weighted by Gasteiger charge is 2.05. The molecule has 0 aliphatic carbocycles. The highest BCUT2D eigenvalue weighted by Crippen LogP contribution is 2.23. The average Bonchev–Trinajstić information content (AvgIpc) is 2.57. The molecule has 2 heterocycles. The van der Waals surface area contributed by atoms with E-state index in [4.69, 9.17) is 11.6 Å². The number of nitrogens with zero attached hydrogens (tertiary/aromatic N) is 3. The summed E-state index contributed by atoms with van der Waals surface area (Å²) < 4.78 is 0. The molecule has 24 heavy (non-hydrogen) atoms. The number of hydrogen-bond donors (Lipinski definition) is 2. The van der Waals surface area contributed by atoms with Crippen LogP contribution in [0, 0.1) is 13.8 Å². The molecule has 6 heteroatoms. The van der Waals surface area contributed by atoms with Crippen molar-refractivity contribution in [2.24, 2.45) is 0 Å². The van der Waals surface area contributed by atoms with Gasteiger partial charge in [0.1, 0.15) is 5.82 Å². The van der Waals surface area contributed by atoms with Crippen molar-refractivity contribution in [1.29, 1.82) is 0 Å². The molecule has 2 N–H and O–H groups in total. The molecule has 122 valence electrons. The Balaban J connectivity index is 1.77. The number of aryl methyl sites for hydroxylation is 2. The summed E-state index contributed by atoms with van der Waals surface area (Å²) in [5.41, 5.74) is 3.94. The first-order valence-corrected chi connectivity index (χ1v) is 7.99. The number of halogens is 1. The van der Waals surface area contributed by atoms with E-state index in [2.05, 4.69) is 25.6 Å². The number of benzene rings is 1. The fourth-order valence-corrected chi connectivity index (χ4v) is 2.43. The minimum absolute atomic E-state index is 0.536. The van der Waals surface area contributed by atoms with Crippen LogP contribution in [0.1, 0.15) is 16.8 Å². The molecule has 1 aromatic carbocycles. The van der Waals surface area contributed by atoms with Gasteiger partial charge in [-0.3, -0.25) is 4.98 Å². The second-order valence-corrected chi connectivity index (χ2v) is 5.95. The normalized spacial score (nSPS) is 10.5. The molecule has 0 bridgehead atoms. The third-order valence-corrected chi connectivity index (χ3v) is 3.73. The van der Waals surface area contributed by atoms with Gasteiger partial charge in [0.2, 0.25) is 5.95 Å². The molecule has 3 rings (SSSR count). The van der Waals surface area contributed by atoms with E-state index in [0.29, 0.717) is 17.5 Å². The summed E-state index contributed by atoms with van der Waals surface area (Å²) in [7, 11) is 0. The minimum atomic E-state index is 0.536. The highest BCUT2D eigenvalue weighted by molar-refractivity contribution is 6.30. The predicted molar refractivity (Wildman–Crippen MR) is 97.8 cm³/mol. The van der Waals surface area contributed by atoms with Crippen LogP contribution in [0.25, 0.3) is 0 Å². The van der Waals surface area contributed by atoms with E-state index in [9.17, 15) is 0 Å². The van der Waals surface area contributed by atoms with Crippen molar-refractivity contribution >= 4 is 29.1 Å². The molecule has 3 aromatic rings. The molecule has 0 saturated carbocycles. The van der Waals surface area contributed by atoms with Gasteiger partial charge in [0, 0.05) is 41.4 Å². The second-order valence-electron chi connectivity index (χ2n) is 5.52. The summed E-state index contributed by atoms with van der Waals surface area (Å²) in [6.45, 7) is 4.60. The van der Waals surface area contributed by atoms with Crippen molar-refractivity contribution in [3.05, 3.63) is 70.6 Å². The van der Waals surface area contributed by atoms with Gasteiger partial charge in [0.05, 0.1) is 0 Å². The molecule has 0 spiro atoms. The fourth-order valence-electron chi connectivity index (χ4n) is 2.26. The van der Waals surface area contributed by atoms with Gasteiger partial charge in [-0.1, -0.05) is 23.7 Å². The van der Waals surface area contributed by atoms with Crippen LogP contribution in [0.15, 0.2) is 48.8 Å². The molecule has 0 amide bonds. The van der Waals surface area contributed by atoms with E-state index in [1.165, 1.54) is 0 Å². The molecule has 0 fully saturated rings. The number of pyridine rings is 1. The van der Waals surface area contributed by atoms with Crippen LogP contribution >= 0.6 is 11.6 Å². The monoisotopic (exact) mass is 339 g/mol. The van der Waals surface area contributed by atoms with Crippen LogP contribution in [0.5, 0.6) is 0 Å². The van der Waals surface area contributed by atoms with E-state index in [1.54, 1.807) is 6.20 Å². The van der Waals surface area contributed by atoms with Gasteiger partial charge in [-0.25, -0.2) is 4.98 Å². The Bertz CT molecular complexity index is 836. The molecule has 0 atom stereocenters. The highest BCUT2D eigenvalue weighted by atomic mass is 35.5. The lowest BCUT2D eigenvalue weighted by atomic mass is 10.2. The first-order chi connectivity index (χ1) is 11.6. The predicted octanol–water partition coefficient (Wildman–Crippen LogP) is 4.50. The summed E-state index contributed by atoms with van der Waals surface area (Å²) in [5.74, 6) is 1.29. The fraction of sp³-hybridized carbons (Fsp3) is 0.167. The molecule has 5 nitrogen and oxygen atoms in total. The van der Waals surface area contributed by atoms with Gasteiger partial charge in [0.25, 0.3) is 0 Å². The Morgan fingerprint density at radius 2 is 1.96 bits per heavy atom. The van der Waals surface area contributed by atoms with Crippen LogP contribution in [-0.2, 0) is 6.54 Å². The summed E-state index contributed by atoms with van der Waals surface area (Å²) in [5, 5.41) is 7.20. The van der Waals surface area contributed by atoms with Crippen molar-refractivity contribution in [1.82, 2.24) is 15.0 Å². The number of nitrogens with one attached hydrogen (secondary N) is 2. The first-order valence-electron chi connectivity index (χ1n) is 7.62. The van der Waals surface area contributed by atoms with Gasteiger partial charge >= 0.3 is 0 Å². The number of anilines is 3. The smallest absolute Gasteiger partial charge is 0.229 e. The summed E-state index contributed by atoms with van der Waals surface area (Å²) in [4.78, 5) is 13.1. The van der Waals surface area contributed by atoms with Crippen molar-refractivity contribution in [2.75, 3.05) is 10.6 Å². The standard InChI is InChI=1S/C18H18ClN5/c1-12-5-6-15(19)9-16(12)23-18-22-13(2)8-17(24-18)21-11-14-4-3-7-20-10-14/h3-10H,11H2,1-2H3,(H2,21,22,23,24). The zero-order valence-corrected chi connectivity index (χ0v) is 14.3. The van der Waals surface area contributed by atoms with Crippen molar-refractivity contribution in [3.63, 3.8) is 0 Å². The molecule has 0 aliphatic rings. The van der Waals surface area contributed by atoms with Crippen molar-refractivity contribution in [2.45, 2.75) is 20.4 Å². The molecule has 0 aliphatic heterocycles. The van der Waals surface area contributed by atoms with E-state index < -0.39 is 0 Å². The Morgan fingerprint density at radius 1 is 1.08 bits per heavy atom. The Hall–Kier alpha value is -2.66. The maximum Gasteiger partial charge on any atom is 0.229 e. The summed E-state index contributed by atoms with van der Waals surface area (Å²) in [6, 6.07) is 11.5. The summed E-state index contributed by atoms with van der Waals surface area (Å²) in [6.07, 6.45) is 3.59. The zero-order chi connectivity index (χ0) is 16.9. The zero-order valence-electron chi connectivity index (χ0n) is 13.5. The van der Waals surface area contributed by atoms with Gasteiger partial charge in [-0.15, -0.1) is 0 Å². The summed E-state index contributed by atoms with van der Waals surface area (Å²) >= 11 is 6.06. The van der Waals surface area contributed by atoms with E-state index in [-0.39, 0.29) is 0 Å². The largest absolute Gasteiger partial charge is 0.366 e. The van der Waals surface area contributed by atoms with Crippen LogP contribution in [0.2, 0.25) is 5.02 Å². The van der Waals surface area contributed by atoms with E-state index >= 15 is 0 Å². The second kappa shape index (κ2) is 7.27. The van der Waals surface area contributed by atoms with Crippen LogP contribution in [0.3, 0.4) is 0 Å². The molecular formula is C18H18ClN5. The number of rotatable bonds is 5. The molecule has 0 radical (unpaired) electrons. The molecular weight excluding hydrogens is 322 g/mol. The van der Waals surface area contributed by atoms with Crippen LogP contribution < -0.4 is 10.6 Å². The maximum atomic E-state index is 6.06. The molecule has 2 aromatic heterocycles. The van der Waals surface area contributed by atoms with E-state index in [0.717, 1.165) is 28.3 Å². The lowest BCUT2D eigenvalue weighted by Gasteiger charge is -2.11. The minimum Gasteiger partial charge on any atom is -0.366 e. The van der Waals surface area contributed by atoms with Crippen molar-refractivity contribution < 1.29 is 0 Å². The van der Waals surface area contributed by atoms with E-state index in [1.807, 2.05) is 56.4 Å². The van der Waals surface area contributed by atoms with Gasteiger partial charge in [-0.2, -0.15) is 4.98 Å². The lowest BCUT2D eigenvalue weighted by molar-refractivity contribution is 1.05.